The van der Waals surface area contributed by atoms with E-state index in [2.05, 4.69) is 13.8 Å². The van der Waals surface area contributed by atoms with Crippen LogP contribution in [0.5, 0.6) is 0 Å². The number of rotatable bonds is 0. The van der Waals surface area contributed by atoms with Gasteiger partial charge < -0.3 is 9.84 Å². The van der Waals surface area contributed by atoms with Crippen LogP contribution in [0.15, 0.2) is 0 Å². The molecule has 1 aliphatic rings. The van der Waals surface area contributed by atoms with E-state index in [0.29, 0.717) is 12.0 Å². The SMILES string of the molecule is CC1C[C@H](C)OC(C)[C@H]1O. The molecule has 1 aliphatic heterocycles. The lowest BCUT2D eigenvalue weighted by atomic mass is 9.92. The Bertz CT molecular complexity index is 102. The number of aliphatic hydroxyl groups excluding tert-OH is 1. The van der Waals surface area contributed by atoms with Crippen LogP contribution in [0, 0.1) is 5.92 Å². The third kappa shape index (κ3) is 1.50. The second-order valence-electron chi connectivity index (χ2n) is 3.36. The standard InChI is InChI=1S/C8H16O2/c1-5-4-6(2)10-7(3)8(5)9/h5-9H,4H2,1-3H3/t5?,6-,7?,8-/m0/s1. The van der Waals surface area contributed by atoms with Crippen molar-refractivity contribution in [1.82, 2.24) is 0 Å². The minimum atomic E-state index is -0.267. The van der Waals surface area contributed by atoms with E-state index in [1.54, 1.807) is 0 Å². The van der Waals surface area contributed by atoms with Gasteiger partial charge in [-0.2, -0.15) is 0 Å². The Balaban J connectivity index is 2.49. The second kappa shape index (κ2) is 2.89. The van der Waals surface area contributed by atoms with Crippen LogP contribution in [0.3, 0.4) is 0 Å². The highest BCUT2D eigenvalue weighted by Crippen LogP contribution is 2.24. The molecule has 60 valence electrons. The summed E-state index contributed by atoms with van der Waals surface area (Å²) in [6.45, 7) is 6.05. The Kier molecular flexibility index (Phi) is 2.32. The Labute approximate surface area is 62.2 Å². The molecular weight excluding hydrogens is 128 g/mol. The molecule has 1 rings (SSSR count). The fourth-order valence-corrected chi connectivity index (χ4v) is 1.63. The van der Waals surface area contributed by atoms with Crippen LogP contribution in [0.2, 0.25) is 0 Å². The first-order valence-electron chi connectivity index (χ1n) is 3.94. The summed E-state index contributed by atoms with van der Waals surface area (Å²) in [7, 11) is 0. The van der Waals surface area contributed by atoms with E-state index in [1.807, 2.05) is 6.92 Å². The molecule has 0 aliphatic carbocycles. The number of hydrogen-bond acceptors (Lipinski definition) is 2. The van der Waals surface area contributed by atoms with Crippen molar-refractivity contribution in [2.45, 2.75) is 45.5 Å². The van der Waals surface area contributed by atoms with E-state index in [1.165, 1.54) is 0 Å². The fraction of sp³-hybridized carbons (Fsp3) is 1.00. The van der Waals surface area contributed by atoms with E-state index in [9.17, 15) is 5.11 Å². The predicted octanol–water partition coefficient (Wildman–Crippen LogP) is 1.18. The van der Waals surface area contributed by atoms with Gasteiger partial charge in [0.05, 0.1) is 18.3 Å². The average Bonchev–Trinajstić information content (AvgIpc) is 1.82. The third-order valence-electron chi connectivity index (χ3n) is 2.21. The van der Waals surface area contributed by atoms with Crippen LogP contribution in [0.25, 0.3) is 0 Å². The highest BCUT2D eigenvalue weighted by molar-refractivity contribution is 4.78. The zero-order valence-corrected chi connectivity index (χ0v) is 6.87. The molecule has 0 saturated carbocycles. The van der Waals surface area contributed by atoms with Crippen molar-refractivity contribution in [3.05, 3.63) is 0 Å². The minimum Gasteiger partial charge on any atom is -0.390 e. The first kappa shape index (κ1) is 8.02. The summed E-state index contributed by atoms with van der Waals surface area (Å²) in [5, 5.41) is 9.44. The van der Waals surface area contributed by atoms with E-state index >= 15 is 0 Å². The van der Waals surface area contributed by atoms with Crippen molar-refractivity contribution in [3.63, 3.8) is 0 Å². The molecular formula is C8H16O2. The molecule has 2 unspecified atom stereocenters. The molecule has 1 saturated heterocycles. The summed E-state index contributed by atoms with van der Waals surface area (Å²) in [6.07, 6.45) is 1.04. The van der Waals surface area contributed by atoms with Crippen molar-refractivity contribution in [1.29, 1.82) is 0 Å². The topological polar surface area (TPSA) is 29.5 Å². The van der Waals surface area contributed by atoms with Crippen LogP contribution in [-0.4, -0.2) is 23.4 Å². The summed E-state index contributed by atoms with van der Waals surface area (Å²) in [5.41, 5.74) is 0. The molecule has 0 radical (unpaired) electrons. The molecule has 2 heteroatoms. The maximum Gasteiger partial charge on any atom is 0.0825 e. The summed E-state index contributed by atoms with van der Waals surface area (Å²) in [6, 6.07) is 0. The largest absolute Gasteiger partial charge is 0.390 e. The van der Waals surface area contributed by atoms with Gasteiger partial charge >= 0.3 is 0 Å². The first-order chi connectivity index (χ1) is 4.61. The number of aliphatic hydroxyl groups is 1. The van der Waals surface area contributed by atoms with E-state index in [-0.39, 0.29) is 12.2 Å². The Morgan fingerprint density at radius 2 is 1.90 bits per heavy atom. The van der Waals surface area contributed by atoms with Gasteiger partial charge in [-0.3, -0.25) is 0 Å². The lowest BCUT2D eigenvalue weighted by molar-refractivity contribution is -0.126. The highest BCUT2D eigenvalue weighted by Gasteiger charge is 2.29. The lowest BCUT2D eigenvalue weighted by Crippen LogP contribution is -2.41. The van der Waals surface area contributed by atoms with Gasteiger partial charge in [0.15, 0.2) is 0 Å². The second-order valence-corrected chi connectivity index (χ2v) is 3.36. The summed E-state index contributed by atoms with van der Waals surface area (Å²) in [5.74, 6) is 0.388. The van der Waals surface area contributed by atoms with E-state index in [0.717, 1.165) is 6.42 Å². The monoisotopic (exact) mass is 144 g/mol. The van der Waals surface area contributed by atoms with E-state index < -0.39 is 0 Å². The van der Waals surface area contributed by atoms with Gasteiger partial charge in [-0.1, -0.05) is 6.92 Å². The van der Waals surface area contributed by atoms with Gasteiger partial charge in [0.25, 0.3) is 0 Å². The number of hydrogen-bond donors (Lipinski definition) is 1. The van der Waals surface area contributed by atoms with Gasteiger partial charge in [-0.15, -0.1) is 0 Å². The molecule has 1 heterocycles. The van der Waals surface area contributed by atoms with Gasteiger partial charge in [0.2, 0.25) is 0 Å². The van der Waals surface area contributed by atoms with Gasteiger partial charge in [-0.05, 0) is 26.2 Å². The Hall–Kier alpha value is -0.0800. The van der Waals surface area contributed by atoms with Gasteiger partial charge in [0, 0.05) is 0 Å². The molecule has 0 bridgehead atoms. The third-order valence-corrected chi connectivity index (χ3v) is 2.21. The normalized spacial score (nSPS) is 49.2. The fourth-order valence-electron chi connectivity index (χ4n) is 1.63. The summed E-state index contributed by atoms with van der Waals surface area (Å²) in [4.78, 5) is 0. The van der Waals surface area contributed by atoms with Crippen molar-refractivity contribution in [2.24, 2.45) is 5.92 Å². The minimum absolute atomic E-state index is 0.0127. The molecule has 2 nitrogen and oxygen atoms in total. The van der Waals surface area contributed by atoms with Crippen molar-refractivity contribution in [3.8, 4) is 0 Å². The molecule has 0 spiro atoms. The zero-order valence-electron chi connectivity index (χ0n) is 6.87. The molecule has 10 heavy (non-hydrogen) atoms. The van der Waals surface area contributed by atoms with Gasteiger partial charge in [0.1, 0.15) is 0 Å². The summed E-state index contributed by atoms with van der Waals surface area (Å²) < 4.78 is 5.42. The quantitative estimate of drug-likeness (QED) is 0.553. The molecule has 1 fully saturated rings. The molecule has 1 N–H and O–H groups in total. The lowest BCUT2D eigenvalue weighted by Gasteiger charge is -2.34. The molecule has 4 atom stereocenters. The average molecular weight is 144 g/mol. The smallest absolute Gasteiger partial charge is 0.0825 e. The zero-order chi connectivity index (χ0) is 7.72. The van der Waals surface area contributed by atoms with Gasteiger partial charge in [-0.25, -0.2) is 0 Å². The molecule has 0 aromatic heterocycles. The maximum atomic E-state index is 9.44. The van der Waals surface area contributed by atoms with E-state index in [4.69, 9.17) is 4.74 Å². The maximum absolute atomic E-state index is 9.44. The first-order valence-corrected chi connectivity index (χ1v) is 3.94. The van der Waals surface area contributed by atoms with Crippen molar-refractivity contribution in [2.75, 3.05) is 0 Å². The van der Waals surface area contributed by atoms with Crippen LogP contribution in [0.1, 0.15) is 27.2 Å². The van der Waals surface area contributed by atoms with Crippen LogP contribution < -0.4 is 0 Å². The predicted molar refractivity (Wildman–Crippen MR) is 39.8 cm³/mol. The van der Waals surface area contributed by atoms with Crippen LogP contribution >= 0.6 is 0 Å². The summed E-state index contributed by atoms with van der Waals surface area (Å²) >= 11 is 0. The van der Waals surface area contributed by atoms with Crippen molar-refractivity contribution >= 4 is 0 Å². The van der Waals surface area contributed by atoms with Crippen molar-refractivity contribution < 1.29 is 9.84 Å². The van der Waals surface area contributed by atoms with Crippen LogP contribution in [0.4, 0.5) is 0 Å². The Morgan fingerprint density at radius 3 is 2.40 bits per heavy atom. The van der Waals surface area contributed by atoms with Crippen LogP contribution in [-0.2, 0) is 4.74 Å². The number of ether oxygens (including phenoxy) is 1. The Morgan fingerprint density at radius 1 is 1.30 bits per heavy atom. The molecule has 0 aromatic rings. The molecule has 0 aromatic carbocycles. The highest BCUT2D eigenvalue weighted by atomic mass is 16.5. The molecule has 0 amide bonds.